The standard InChI is InChI=1S/C19H16Br2N4O2/c1-11-3-5-14(6-4-11)25-12(2)15(10-23-25)19(27)24-22-9-13-7-16(20)18(26)17(21)8-13/h3-10,26H,1-2H3,(H,24,27). The van der Waals surface area contributed by atoms with E-state index in [4.69, 9.17) is 0 Å². The lowest BCUT2D eigenvalue weighted by molar-refractivity contribution is 0.0954. The van der Waals surface area contributed by atoms with Gasteiger partial charge in [-0.1, -0.05) is 17.7 Å². The minimum Gasteiger partial charge on any atom is -0.506 e. The molecule has 0 fully saturated rings. The smallest absolute Gasteiger partial charge is 0.274 e. The lowest BCUT2D eigenvalue weighted by Crippen LogP contribution is -2.18. The molecular weight excluding hydrogens is 476 g/mol. The number of benzene rings is 2. The first-order valence-corrected chi connectivity index (χ1v) is 9.58. The van der Waals surface area contributed by atoms with Gasteiger partial charge in [0.05, 0.1) is 38.3 Å². The third kappa shape index (κ3) is 4.28. The first-order chi connectivity index (χ1) is 12.9. The Balaban J connectivity index is 1.74. The summed E-state index contributed by atoms with van der Waals surface area (Å²) in [6, 6.07) is 11.3. The SMILES string of the molecule is Cc1ccc(-n2ncc(C(=O)NN=Cc3cc(Br)c(O)c(Br)c3)c2C)cc1. The van der Waals surface area contributed by atoms with E-state index in [-0.39, 0.29) is 11.7 Å². The molecule has 0 atom stereocenters. The fourth-order valence-corrected chi connectivity index (χ4v) is 3.69. The molecule has 1 amide bonds. The molecule has 2 aromatic carbocycles. The Kier molecular flexibility index (Phi) is 5.76. The van der Waals surface area contributed by atoms with E-state index in [1.165, 1.54) is 12.4 Å². The van der Waals surface area contributed by atoms with Gasteiger partial charge < -0.3 is 5.11 Å². The zero-order valence-electron chi connectivity index (χ0n) is 14.6. The van der Waals surface area contributed by atoms with E-state index in [0.717, 1.165) is 16.9 Å². The number of nitrogens with zero attached hydrogens (tertiary/aromatic N) is 3. The van der Waals surface area contributed by atoms with Gasteiger partial charge in [0.15, 0.2) is 0 Å². The summed E-state index contributed by atoms with van der Waals surface area (Å²) in [4.78, 5) is 12.4. The highest BCUT2D eigenvalue weighted by atomic mass is 79.9. The molecule has 3 rings (SSSR count). The van der Waals surface area contributed by atoms with Crippen LogP contribution in [0.1, 0.15) is 27.2 Å². The zero-order chi connectivity index (χ0) is 19.6. The highest BCUT2D eigenvalue weighted by Crippen LogP contribution is 2.32. The van der Waals surface area contributed by atoms with Crippen molar-refractivity contribution >= 4 is 44.0 Å². The largest absolute Gasteiger partial charge is 0.506 e. The first-order valence-electron chi connectivity index (χ1n) is 8.00. The molecule has 0 radical (unpaired) electrons. The number of amides is 1. The van der Waals surface area contributed by atoms with Gasteiger partial charge in [0.25, 0.3) is 5.91 Å². The Morgan fingerprint density at radius 1 is 1.19 bits per heavy atom. The van der Waals surface area contributed by atoms with E-state index in [0.29, 0.717) is 20.1 Å². The highest BCUT2D eigenvalue weighted by molar-refractivity contribution is 9.11. The molecule has 27 heavy (non-hydrogen) atoms. The van der Waals surface area contributed by atoms with Crippen LogP contribution in [0.25, 0.3) is 5.69 Å². The summed E-state index contributed by atoms with van der Waals surface area (Å²) in [6.07, 6.45) is 3.01. The fourth-order valence-electron chi connectivity index (χ4n) is 2.46. The number of phenols is 1. The summed E-state index contributed by atoms with van der Waals surface area (Å²) in [6.45, 7) is 3.85. The third-order valence-electron chi connectivity index (χ3n) is 3.95. The molecule has 0 aliphatic rings. The van der Waals surface area contributed by atoms with Crippen LogP contribution in [0.3, 0.4) is 0 Å². The molecular formula is C19H16Br2N4O2. The van der Waals surface area contributed by atoms with E-state index >= 15 is 0 Å². The number of rotatable bonds is 4. The van der Waals surface area contributed by atoms with Crippen molar-refractivity contribution in [1.82, 2.24) is 15.2 Å². The molecule has 2 N–H and O–H groups in total. The second-order valence-electron chi connectivity index (χ2n) is 5.92. The number of halogens is 2. The van der Waals surface area contributed by atoms with Crippen LogP contribution >= 0.6 is 31.9 Å². The topological polar surface area (TPSA) is 79.5 Å². The van der Waals surface area contributed by atoms with Gasteiger partial charge in [0.2, 0.25) is 0 Å². The van der Waals surface area contributed by atoms with Gasteiger partial charge in [-0.25, -0.2) is 10.1 Å². The number of hydrogen-bond acceptors (Lipinski definition) is 4. The molecule has 0 saturated heterocycles. The number of aryl methyl sites for hydroxylation is 1. The highest BCUT2D eigenvalue weighted by Gasteiger charge is 2.14. The van der Waals surface area contributed by atoms with Gasteiger partial charge in [-0.3, -0.25) is 4.79 Å². The van der Waals surface area contributed by atoms with Crippen LogP contribution in [0, 0.1) is 13.8 Å². The van der Waals surface area contributed by atoms with Crippen LogP contribution in [0.4, 0.5) is 0 Å². The monoisotopic (exact) mass is 490 g/mol. The maximum atomic E-state index is 12.4. The quantitative estimate of drug-likeness (QED) is 0.417. The van der Waals surface area contributed by atoms with Crippen LogP contribution < -0.4 is 5.43 Å². The van der Waals surface area contributed by atoms with Crippen LogP contribution in [0.15, 0.2) is 56.6 Å². The van der Waals surface area contributed by atoms with E-state index in [1.54, 1.807) is 16.8 Å². The van der Waals surface area contributed by atoms with Gasteiger partial charge in [0.1, 0.15) is 5.75 Å². The van der Waals surface area contributed by atoms with Gasteiger partial charge >= 0.3 is 0 Å². The van der Waals surface area contributed by atoms with Crippen molar-refractivity contribution in [1.29, 1.82) is 0 Å². The van der Waals surface area contributed by atoms with Crippen molar-refractivity contribution in [2.75, 3.05) is 0 Å². The number of nitrogens with one attached hydrogen (secondary N) is 1. The Hall–Kier alpha value is -2.45. The van der Waals surface area contributed by atoms with Crippen LogP contribution in [-0.4, -0.2) is 27.0 Å². The number of hydrogen-bond donors (Lipinski definition) is 2. The van der Waals surface area contributed by atoms with Crippen molar-refractivity contribution in [2.24, 2.45) is 5.10 Å². The van der Waals surface area contributed by atoms with Crippen molar-refractivity contribution in [3.63, 3.8) is 0 Å². The molecule has 1 heterocycles. The molecule has 8 heteroatoms. The maximum absolute atomic E-state index is 12.4. The second kappa shape index (κ2) is 8.06. The number of carbonyl (C=O) groups is 1. The third-order valence-corrected chi connectivity index (χ3v) is 5.16. The molecule has 6 nitrogen and oxygen atoms in total. The van der Waals surface area contributed by atoms with Gasteiger partial charge in [-0.2, -0.15) is 10.2 Å². The van der Waals surface area contributed by atoms with E-state index in [2.05, 4.69) is 47.5 Å². The number of aromatic hydroxyl groups is 1. The van der Waals surface area contributed by atoms with Gasteiger partial charge in [-0.15, -0.1) is 0 Å². The van der Waals surface area contributed by atoms with Crippen LogP contribution in [0.5, 0.6) is 5.75 Å². The number of phenolic OH excluding ortho intramolecular Hbond substituents is 1. The van der Waals surface area contributed by atoms with E-state index in [9.17, 15) is 9.90 Å². The molecule has 0 spiro atoms. The predicted octanol–water partition coefficient (Wildman–Crippen LogP) is 4.48. The van der Waals surface area contributed by atoms with Crippen molar-refractivity contribution in [2.45, 2.75) is 13.8 Å². The number of hydrazone groups is 1. The lowest BCUT2D eigenvalue weighted by atomic mass is 10.2. The van der Waals surface area contributed by atoms with Crippen LogP contribution in [-0.2, 0) is 0 Å². The number of carbonyl (C=O) groups excluding carboxylic acids is 1. The molecule has 0 unspecified atom stereocenters. The summed E-state index contributed by atoms with van der Waals surface area (Å²) >= 11 is 6.51. The molecule has 0 aliphatic carbocycles. The first kappa shape index (κ1) is 19.3. The van der Waals surface area contributed by atoms with E-state index in [1.807, 2.05) is 38.1 Å². The lowest BCUT2D eigenvalue weighted by Gasteiger charge is -2.05. The van der Waals surface area contributed by atoms with E-state index < -0.39 is 0 Å². The Morgan fingerprint density at radius 3 is 2.44 bits per heavy atom. The molecule has 138 valence electrons. The predicted molar refractivity (Wildman–Crippen MR) is 112 cm³/mol. The van der Waals surface area contributed by atoms with Crippen molar-refractivity contribution in [3.8, 4) is 11.4 Å². The molecule has 0 saturated carbocycles. The Bertz CT molecular complexity index is 1000. The maximum Gasteiger partial charge on any atom is 0.274 e. The Morgan fingerprint density at radius 2 is 1.81 bits per heavy atom. The normalized spacial score (nSPS) is 11.1. The van der Waals surface area contributed by atoms with Crippen molar-refractivity contribution in [3.05, 3.63) is 73.9 Å². The molecule has 3 aromatic rings. The molecule has 1 aromatic heterocycles. The average molecular weight is 492 g/mol. The fraction of sp³-hybridized carbons (Fsp3) is 0.105. The minimum absolute atomic E-state index is 0.107. The Labute approximate surface area is 173 Å². The summed E-state index contributed by atoms with van der Waals surface area (Å²) < 4.78 is 2.77. The minimum atomic E-state index is -0.348. The molecule has 0 aliphatic heterocycles. The summed E-state index contributed by atoms with van der Waals surface area (Å²) in [5.74, 6) is -0.241. The van der Waals surface area contributed by atoms with Gasteiger partial charge in [0, 0.05) is 0 Å². The summed E-state index contributed by atoms with van der Waals surface area (Å²) in [5, 5.41) is 18.0. The second-order valence-corrected chi connectivity index (χ2v) is 7.63. The zero-order valence-corrected chi connectivity index (χ0v) is 17.7. The van der Waals surface area contributed by atoms with Crippen LogP contribution in [0.2, 0.25) is 0 Å². The summed E-state index contributed by atoms with van der Waals surface area (Å²) in [7, 11) is 0. The summed E-state index contributed by atoms with van der Waals surface area (Å²) in [5.41, 5.74) is 6.42. The average Bonchev–Trinajstić information content (AvgIpc) is 3.02. The van der Waals surface area contributed by atoms with Crippen molar-refractivity contribution < 1.29 is 9.90 Å². The molecule has 0 bridgehead atoms. The van der Waals surface area contributed by atoms with Gasteiger partial charge in [-0.05, 0) is 75.5 Å². The number of aromatic nitrogens is 2.